The lowest BCUT2D eigenvalue weighted by atomic mass is 9.79. The normalized spacial score (nSPS) is 17.4. The topological polar surface area (TPSA) is 60.9 Å². The van der Waals surface area contributed by atoms with Gasteiger partial charge in [-0.2, -0.15) is 0 Å². The van der Waals surface area contributed by atoms with E-state index < -0.39 is 12.7 Å². The molecule has 1 fully saturated rings. The van der Waals surface area contributed by atoms with Crippen LogP contribution in [0.3, 0.4) is 0 Å². The third-order valence-corrected chi connectivity index (χ3v) is 7.17. The fourth-order valence-electron chi connectivity index (χ4n) is 3.45. The molecule has 0 bridgehead atoms. The number of hydrogen-bond donors (Lipinski definition) is 0. The summed E-state index contributed by atoms with van der Waals surface area (Å²) in [7, 11) is 1.31. The molecule has 0 spiro atoms. The van der Waals surface area contributed by atoms with Crippen LogP contribution in [0.15, 0.2) is 42.5 Å². The molecule has 0 saturated carbocycles. The Morgan fingerprint density at radius 3 is 2.21 bits per heavy atom. The van der Waals surface area contributed by atoms with Crippen molar-refractivity contribution in [1.29, 1.82) is 0 Å². The van der Waals surface area contributed by atoms with Crippen molar-refractivity contribution in [3.8, 4) is 10.6 Å². The van der Waals surface area contributed by atoms with Gasteiger partial charge in [0.25, 0.3) is 0 Å². The Hall–Kier alpha value is -2.42. The zero-order chi connectivity index (χ0) is 24.2. The van der Waals surface area contributed by atoms with Crippen molar-refractivity contribution in [2.45, 2.75) is 65.3 Å². The molecule has 0 aliphatic carbocycles. The summed E-state index contributed by atoms with van der Waals surface area (Å²) in [4.78, 5) is 18.6. The standard InChI is InChI=1S/C25H31BN2O4S/c1-23(2,3)30-22(29)28(8)18-12-9-16(10-13-18)21-27-19-14-11-17(15-20(19)33-21)26-31-24(4,5)25(6,7)32-26/h9-15H,1-8H3. The van der Waals surface area contributed by atoms with E-state index in [9.17, 15) is 4.79 Å². The molecule has 4 rings (SSSR count). The van der Waals surface area contributed by atoms with E-state index >= 15 is 0 Å². The van der Waals surface area contributed by atoms with Crippen molar-refractivity contribution < 1.29 is 18.8 Å². The molecule has 1 aliphatic heterocycles. The van der Waals surface area contributed by atoms with Gasteiger partial charge in [-0.3, -0.25) is 4.90 Å². The number of thiazole rings is 1. The fraction of sp³-hybridized carbons (Fsp3) is 0.440. The predicted molar refractivity (Wildman–Crippen MR) is 135 cm³/mol. The molecule has 0 unspecified atom stereocenters. The van der Waals surface area contributed by atoms with Crippen LogP contribution in [0.25, 0.3) is 20.8 Å². The van der Waals surface area contributed by atoms with E-state index in [1.807, 2.05) is 57.2 Å². The first-order chi connectivity index (χ1) is 15.3. The highest BCUT2D eigenvalue weighted by Gasteiger charge is 2.51. The van der Waals surface area contributed by atoms with Crippen LogP contribution in [0.5, 0.6) is 0 Å². The smallest absolute Gasteiger partial charge is 0.443 e. The minimum absolute atomic E-state index is 0.375. The van der Waals surface area contributed by atoms with Crippen molar-refractivity contribution in [3.63, 3.8) is 0 Å². The van der Waals surface area contributed by atoms with Gasteiger partial charge in [-0.15, -0.1) is 11.3 Å². The SMILES string of the molecule is CN(C(=O)OC(C)(C)C)c1ccc(-c2nc3ccc(B4OC(C)(C)C(C)(C)O4)cc3s2)cc1. The number of aromatic nitrogens is 1. The summed E-state index contributed by atoms with van der Waals surface area (Å²) >= 11 is 1.62. The second-order valence-corrected chi connectivity index (χ2v) is 11.5. The van der Waals surface area contributed by atoms with Crippen LogP contribution in [-0.4, -0.2) is 42.0 Å². The summed E-state index contributed by atoms with van der Waals surface area (Å²) in [6, 6.07) is 13.9. The number of carbonyl (C=O) groups is 1. The molecule has 1 saturated heterocycles. The maximum Gasteiger partial charge on any atom is 0.494 e. The van der Waals surface area contributed by atoms with Crippen LogP contribution in [0.4, 0.5) is 10.5 Å². The third-order valence-electron chi connectivity index (χ3n) is 6.11. The van der Waals surface area contributed by atoms with Gasteiger partial charge in [-0.1, -0.05) is 6.07 Å². The van der Waals surface area contributed by atoms with Gasteiger partial charge in [-0.05, 0) is 90.3 Å². The van der Waals surface area contributed by atoms with Gasteiger partial charge < -0.3 is 14.0 Å². The van der Waals surface area contributed by atoms with E-state index in [0.717, 1.165) is 31.9 Å². The van der Waals surface area contributed by atoms with E-state index in [0.29, 0.717) is 0 Å². The lowest BCUT2D eigenvalue weighted by molar-refractivity contribution is 0.00578. The molecule has 0 atom stereocenters. The Balaban J connectivity index is 1.54. The van der Waals surface area contributed by atoms with Crippen molar-refractivity contribution >= 4 is 45.9 Å². The maximum absolute atomic E-state index is 12.3. The van der Waals surface area contributed by atoms with E-state index in [4.69, 9.17) is 19.0 Å². The molecule has 3 aromatic rings. The molecule has 1 aromatic heterocycles. The summed E-state index contributed by atoms with van der Waals surface area (Å²) in [5.41, 5.74) is 2.40. The summed E-state index contributed by atoms with van der Waals surface area (Å²) in [6.07, 6.45) is -0.384. The Morgan fingerprint density at radius 2 is 1.64 bits per heavy atom. The summed E-state index contributed by atoms with van der Waals surface area (Å²) in [5.74, 6) is 0. The number of benzene rings is 2. The molecule has 6 nitrogen and oxygen atoms in total. The first-order valence-corrected chi connectivity index (χ1v) is 11.9. The molecule has 8 heteroatoms. The first-order valence-electron chi connectivity index (χ1n) is 11.1. The number of fused-ring (bicyclic) bond motifs is 1. The van der Waals surface area contributed by atoms with Gasteiger partial charge in [0.05, 0.1) is 21.4 Å². The summed E-state index contributed by atoms with van der Waals surface area (Å²) in [5, 5.41) is 0.919. The van der Waals surface area contributed by atoms with Crippen molar-refractivity contribution in [2.24, 2.45) is 0 Å². The molecule has 2 heterocycles. The number of anilines is 1. The van der Waals surface area contributed by atoms with Gasteiger partial charge in [0.15, 0.2) is 0 Å². The molecule has 0 N–H and O–H groups in total. The highest BCUT2D eigenvalue weighted by Crippen LogP contribution is 2.37. The number of amides is 1. The first kappa shape index (κ1) is 23.7. The van der Waals surface area contributed by atoms with E-state index in [1.165, 1.54) is 4.90 Å². The molecule has 2 aromatic carbocycles. The molecule has 0 radical (unpaired) electrons. The monoisotopic (exact) mass is 466 g/mol. The van der Waals surface area contributed by atoms with Gasteiger partial charge in [0.1, 0.15) is 10.6 Å². The van der Waals surface area contributed by atoms with Crippen molar-refractivity contribution in [3.05, 3.63) is 42.5 Å². The molecule has 33 heavy (non-hydrogen) atoms. The van der Waals surface area contributed by atoms with Crippen LogP contribution < -0.4 is 10.4 Å². The quantitative estimate of drug-likeness (QED) is 0.468. The number of carbonyl (C=O) groups excluding carboxylic acids is 1. The van der Waals surface area contributed by atoms with Gasteiger partial charge in [-0.25, -0.2) is 9.78 Å². The second kappa shape index (κ2) is 8.11. The highest BCUT2D eigenvalue weighted by atomic mass is 32.1. The van der Waals surface area contributed by atoms with E-state index in [1.54, 1.807) is 18.4 Å². The highest BCUT2D eigenvalue weighted by molar-refractivity contribution is 7.21. The Bertz CT molecular complexity index is 1170. The second-order valence-electron chi connectivity index (χ2n) is 10.4. The number of rotatable bonds is 3. The molecule has 1 aliphatic rings. The average Bonchev–Trinajstić information content (AvgIpc) is 3.23. The fourth-order valence-corrected chi connectivity index (χ4v) is 4.47. The van der Waals surface area contributed by atoms with Crippen molar-refractivity contribution in [2.75, 3.05) is 11.9 Å². The van der Waals surface area contributed by atoms with E-state index in [-0.39, 0.29) is 17.3 Å². The molecule has 1 amide bonds. The van der Waals surface area contributed by atoms with Crippen LogP contribution >= 0.6 is 11.3 Å². The zero-order valence-electron chi connectivity index (χ0n) is 20.6. The summed E-state index contributed by atoms with van der Waals surface area (Å²) in [6.45, 7) is 13.8. The molecular formula is C25H31BN2O4S. The zero-order valence-corrected chi connectivity index (χ0v) is 21.4. The van der Waals surface area contributed by atoms with Gasteiger partial charge >= 0.3 is 13.2 Å². The predicted octanol–water partition coefficient (Wildman–Crippen LogP) is 5.63. The Labute approximate surface area is 200 Å². The Morgan fingerprint density at radius 1 is 1.03 bits per heavy atom. The summed E-state index contributed by atoms with van der Waals surface area (Å²) < 4.78 is 18.9. The molecule has 174 valence electrons. The lowest BCUT2D eigenvalue weighted by Gasteiger charge is -2.32. The maximum atomic E-state index is 12.3. The van der Waals surface area contributed by atoms with Crippen LogP contribution in [0, 0.1) is 0 Å². The largest absolute Gasteiger partial charge is 0.494 e. The van der Waals surface area contributed by atoms with Gasteiger partial charge in [0.2, 0.25) is 0 Å². The van der Waals surface area contributed by atoms with Crippen LogP contribution in [0.1, 0.15) is 48.5 Å². The van der Waals surface area contributed by atoms with Gasteiger partial charge in [0, 0.05) is 18.3 Å². The minimum atomic E-state index is -0.536. The lowest BCUT2D eigenvalue weighted by Crippen LogP contribution is -2.41. The Kier molecular flexibility index (Phi) is 5.84. The van der Waals surface area contributed by atoms with Crippen LogP contribution in [0.2, 0.25) is 0 Å². The number of ether oxygens (including phenoxy) is 1. The third kappa shape index (κ3) is 4.79. The van der Waals surface area contributed by atoms with E-state index in [2.05, 4.69) is 33.8 Å². The number of nitrogens with zero attached hydrogens (tertiary/aromatic N) is 2. The van der Waals surface area contributed by atoms with Crippen LogP contribution in [-0.2, 0) is 14.0 Å². The number of hydrogen-bond acceptors (Lipinski definition) is 6. The molecular weight excluding hydrogens is 435 g/mol. The average molecular weight is 466 g/mol. The minimum Gasteiger partial charge on any atom is -0.443 e. The van der Waals surface area contributed by atoms with Crippen molar-refractivity contribution in [1.82, 2.24) is 4.98 Å².